The molecule has 0 amide bonds. The predicted molar refractivity (Wildman–Crippen MR) is 112 cm³/mol. The fourth-order valence-corrected chi connectivity index (χ4v) is 4.74. The van der Waals surface area contributed by atoms with Crippen molar-refractivity contribution < 1.29 is 14.2 Å². The molecule has 0 N–H and O–H groups in total. The SMILES string of the molecule is COc1nc(C)c(-c2ccc3c(c2)COC2(CCN(C4CCC4)CC2)O3)cc1C#N. The highest BCUT2D eigenvalue weighted by atomic mass is 16.7. The van der Waals surface area contributed by atoms with Crippen LogP contribution in [0, 0.1) is 18.3 Å². The van der Waals surface area contributed by atoms with E-state index in [1.165, 1.54) is 26.4 Å². The minimum absolute atomic E-state index is 0.360. The van der Waals surface area contributed by atoms with Gasteiger partial charge in [0.1, 0.15) is 17.4 Å². The van der Waals surface area contributed by atoms with Gasteiger partial charge in [-0.1, -0.05) is 12.5 Å². The van der Waals surface area contributed by atoms with Gasteiger partial charge < -0.3 is 14.2 Å². The van der Waals surface area contributed by atoms with E-state index in [0.717, 1.165) is 60.1 Å². The number of nitriles is 1. The molecule has 0 atom stereocenters. The fourth-order valence-electron chi connectivity index (χ4n) is 4.74. The summed E-state index contributed by atoms with van der Waals surface area (Å²) in [5.41, 5.74) is 4.21. The van der Waals surface area contributed by atoms with Crippen LogP contribution >= 0.6 is 0 Å². The van der Waals surface area contributed by atoms with Gasteiger partial charge in [-0.15, -0.1) is 0 Å². The molecule has 2 aliphatic heterocycles. The maximum Gasteiger partial charge on any atom is 0.231 e. The fraction of sp³-hybridized carbons (Fsp3) is 0.500. The molecule has 3 heterocycles. The third-order valence-corrected chi connectivity index (χ3v) is 6.80. The second kappa shape index (κ2) is 7.57. The van der Waals surface area contributed by atoms with E-state index in [2.05, 4.69) is 22.0 Å². The Kier molecular flexibility index (Phi) is 4.88. The van der Waals surface area contributed by atoms with Gasteiger partial charge in [0.2, 0.25) is 11.7 Å². The second-order valence-electron chi connectivity index (χ2n) is 8.53. The topological polar surface area (TPSA) is 67.6 Å². The molecular formula is C24H27N3O3. The first-order valence-electron chi connectivity index (χ1n) is 10.8. The zero-order valence-electron chi connectivity index (χ0n) is 17.6. The van der Waals surface area contributed by atoms with Crippen LogP contribution in [0.3, 0.4) is 0 Å². The largest absolute Gasteiger partial charge is 0.480 e. The van der Waals surface area contributed by atoms with E-state index in [0.29, 0.717) is 18.1 Å². The van der Waals surface area contributed by atoms with Crippen molar-refractivity contribution in [3.8, 4) is 28.8 Å². The standard InChI is InChI=1S/C24H27N3O3/c1-16-21(13-18(14-25)23(26-16)28-2)17-6-7-22-19(12-17)15-29-24(30-22)8-10-27(11-9-24)20-4-3-5-20/h6-7,12-13,20H,3-5,8-11,15H2,1-2H3. The van der Waals surface area contributed by atoms with Gasteiger partial charge in [0.15, 0.2) is 0 Å². The summed E-state index contributed by atoms with van der Waals surface area (Å²) in [6.07, 6.45) is 5.88. The lowest BCUT2D eigenvalue weighted by atomic mass is 9.89. The molecule has 6 nitrogen and oxygen atoms in total. The summed E-state index contributed by atoms with van der Waals surface area (Å²) < 4.78 is 17.9. The number of rotatable bonds is 3. The maximum atomic E-state index is 9.40. The van der Waals surface area contributed by atoms with Gasteiger partial charge in [-0.25, -0.2) is 4.98 Å². The van der Waals surface area contributed by atoms with Crippen molar-refractivity contribution in [2.24, 2.45) is 0 Å². The number of ether oxygens (including phenoxy) is 3. The number of methoxy groups -OCH3 is 1. The van der Waals surface area contributed by atoms with Crippen LogP contribution in [0.1, 0.15) is 48.9 Å². The van der Waals surface area contributed by atoms with Gasteiger partial charge in [0.25, 0.3) is 0 Å². The van der Waals surface area contributed by atoms with E-state index in [-0.39, 0.29) is 0 Å². The molecule has 30 heavy (non-hydrogen) atoms. The van der Waals surface area contributed by atoms with Crippen molar-refractivity contribution >= 4 is 0 Å². The van der Waals surface area contributed by atoms with Gasteiger partial charge in [-0.2, -0.15) is 5.26 Å². The van der Waals surface area contributed by atoms with E-state index in [1.54, 1.807) is 0 Å². The number of piperidine rings is 1. The van der Waals surface area contributed by atoms with Crippen LogP contribution < -0.4 is 9.47 Å². The maximum absolute atomic E-state index is 9.40. The molecule has 1 spiro atoms. The average molecular weight is 405 g/mol. The van der Waals surface area contributed by atoms with Crippen molar-refractivity contribution in [2.45, 2.75) is 57.5 Å². The molecule has 0 unspecified atom stereocenters. The Morgan fingerprint density at radius 3 is 2.70 bits per heavy atom. The van der Waals surface area contributed by atoms with E-state index >= 15 is 0 Å². The number of nitrogens with zero attached hydrogens (tertiary/aromatic N) is 3. The number of aryl methyl sites for hydroxylation is 1. The van der Waals surface area contributed by atoms with Crippen LogP contribution in [0.4, 0.5) is 0 Å². The van der Waals surface area contributed by atoms with E-state index in [1.807, 2.05) is 25.1 Å². The van der Waals surface area contributed by atoms with E-state index < -0.39 is 5.79 Å². The first-order chi connectivity index (χ1) is 14.6. The number of likely N-dealkylation sites (tertiary alicyclic amines) is 1. The van der Waals surface area contributed by atoms with Crippen molar-refractivity contribution in [3.63, 3.8) is 0 Å². The van der Waals surface area contributed by atoms with Crippen molar-refractivity contribution in [3.05, 3.63) is 41.1 Å². The van der Waals surface area contributed by atoms with Crippen LogP contribution in [0.25, 0.3) is 11.1 Å². The highest BCUT2D eigenvalue weighted by molar-refractivity contribution is 5.70. The molecule has 2 fully saturated rings. The number of benzene rings is 1. The third kappa shape index (κ3) is 3.32. The van der Waals surface area contributed by atoms with Gasteiger partial charge in [0, 0.05) is 48.8 Å². The molecule has 0 radical (unpaired) electrons. The van der Waals surface area contributed by atoms with Crippen LogP contribution in [-0.4, -0.2) is 41.9 Å². The average Bonchev–Trinajstić information content (AvgIpc) is 2.73. The van der Waals surface area contributed by atoms with Gasteiger partial charge in [0.05, 0.1) is 13.7 Å². The Hall–Kier alpha value is -2.62. The monoisotopic (exact) mass is 405 g/mol. The lowest BCUT2D eigenvalue weighted by Gasteiger charge is -2.47. The summed E-state index contributed by atoms with van der Waals surface area (Å²) in [5, 5.41) is 9.40. The summed E-state index contributed by atoms with van der Waals surface area (Å²) >= 11 is 0. The minimum atomic E-state index is -0.486. The molecule has 156 valence electrons. The first kappa shape index (κ1) is 19.3. The van der Waals surface area contributed by atoms with E-state index in [4.69, 9.17) is 14.2 Å². The predicted octanol–water partition coefficient (Wildman–Crippen LogP) is 4.19. The molecule has 1 aromatic carbocycles. The highest BCUT2D eigenvalue weighted by Gasteiger charge is 2.42. The lowest BCUT2D eigenvalue weighted by Crippen LogP contribution is -2.54. The molecule has 1 saturated carbocycles. The first-order valence-corrected chi connectivity index (χ1v) is 10.8. The van der Waals surface area contributed by atoms with E-state index in [9.17, 15) is 5.26 Å². The smallest absolute Gasteiger partial charge is 0.231 e. The second-order valence-corrected chi connectivity index (χ2v) is 8.53. The number of aromatic nitrogens is 1. The Morgan fingerprint density at radius 2 is 2.03 bits per heavy atom. The summed E-state index contributed by atoms with van der Waals surface area (Å²) in [7, 11) is 1.53. The molecule has 6 heteroatoms. The van der Waals surface area contributed by atoms with Crippen LogP contribution in [-0.2, 0) is 11.3 Å². The van der Waals surface area contributed by atoms with Gasteiger partial charge >= 0.3 is 0 Å². The Labute approximate surface area is 177 Å². The normalized spacial score (nSPS) is 20.7. The lowest BCUT2D eigenvalue weighted by molar-refractivity contribution is -0.231. The number of hydrogen-bond donors (Lipinski definition) is 0. The zero-order valence-corrected chi connectivity index (χ0v) is 17.6. The number of hydrogen-bond acceptors (Lipinski definition) is 6. The van der Waals surface area contributed by atoms with Gasteiger partial charge in [-0.05, 0) is 43.5 Å². The Balaban J connectivity index is 1.36. The van der Waals surface area contributed by atoms with Crippen LogP contribution in [0.2, 0.25) is 0 Å². The summed E-state index contributed by atoms with van der Waals surface area (Å²) in [6, 6.07) is 10.9. The molecule has 0 bridgehead atoms. The molecule has 5 rings (SSSR count). The summed E-state index contributed by atoms with van der Waals surface area (Å²) in [5.74, 6) is 0.778. The third-order valence-electron chi connectivity index (χ3n) is 6.80. The molecule has 3 aliphatic rings. The van der Waals surface area contributed by atoms with Crippen molar-refractivity contribution in [2.75, 3.05) is 20.2 Å². The summed E-state index contributed by atoms with van der Waals surface area (Å²) in [4.78, 5) is 7.04. The summed E-state index contributed by atoms with van der Waals surface area (Å²) in [6.45, 7) is 4.56. The quantitative estimate of drug-likeness (QED) is 0.763. The Morgan fingerprint density at radius 1 is 1.23 bits per heavy atom. The van der Waals surface area contributed by atoms with Crippen LogP contribution in [0.5, 0.6) is 11.6 Å². The van der Waals surface area contributed by atoms with Gasteiger partial charge in [-0.3, -0.25) is 4.90 Å². The minimum Gasteiger partial charge on any atom is -0.480 e. The van der Waals surface area contributed by atoms with Crippen LogP contribution in [0.15, 0.2) is 24.3 Å². The Bertz CT molecular complexity index is 1000. The van der Waals surface area contributed by atoms with Crippen molar-refractivity contribution in [1.82, 2.24) is 9.88 Å². The number of pyridine rings is 1. The van der Waals surface area contributed by atoms with Crippen molar-refractivity contribution in [1.29, 1.82) is 5.26 Å². The molecule has 1 saturated heterocycles. The molecule has 2 aromatic rings. The zero-order chi connectivity index (χ0) is 20.7. The number of fused-ring (bicyclic) bond motifs is 1. The highest BCUT2D eigenvalue weighted by Crippen LogP contribution is 2.41. The molecule has 1 aromatic heterocycles. The molecular weight excluding hydrogens is 378 g/mol. The molecule has 1 aliphatic carbocycles.